The molecule has 0 aromatic carbocycles. The molecule has 62 valence electrons. The lowest BCUT2D eigenvalue weighted by atomic mass is 10.1. The van der Waals surface area contributed by atoms with Gasteiger partial charge in [0.15, 0.2) is 0 Å². The Morgan fingerprint density at radius 3 is 2.09 bits per heavy atom. The molecule has 0 aliphatic rings. The fraction of sp³-hybridized carbons (Fsp3) is 0.444. The molecule has 0 aliphatic heterocycles. The van der Waals surface area contributed by atoms with Crippen LogP contribution in [-0.2, 0) is 0 Å². The fourth-order valence-electron chi connectivity index (χ4n) is 0.613. The van der Waals surface area contributed by atoms with Crippen molar-refractivity contribution in [2.24, 2.45) is 4.99 Å². The Bertz CT molecular complexity index is 163. The molecule has 0 atom stereocenters. The van der Waals surface area contributed by atoms with Crippen molar-refractivity contribution in [1.82, 2.24) is 4.90 Å². The maximum Gasteiger partial charge on any atom is 0.0949 e. The Balaban J connectivity index is 4.29. The van der Waals surface area contributed by atoms with Crippen molar-refractivity contribution in [3.8, 4) is 0 Å². The zero-order chi connectivity index (χ0) is 8.91. The highest BCUT2D eigenvalue weighted by molar-refractivity contribution is 5.58. The van der Waals surface area contributed by atoms with Crippen LogP contribution < -0.4 is 0 Å². The molecule has 2 heteroatoms. The predicted octanol–water partition coefficient (Wildman–Crippen LogP) is 2.40. The minimum atomic E-state index is 0.0360. The van der Waals surface area contributed by atoms with Crippen molar-refractivity contribution >= 4 is 6.34 Å². The minimum Gasteiger partial charge on any atom is -0.334 e. The summed E-state index contributed by atoms with van der Waals surface area (Å²) in [5.41, 5.74) is 0.0360. The van der Waals surface area contributed by atoms with Gasteiger partial charge < -0.3 is 4.90 Å². The van der Waals surface area contributed by atoms with E-state index in [4.69, 9.17) is 0 Å². The lowest BCUT2D eigenvalue weighted by Gasteiger charge is -2.30. The Kier molecular flexibility index (Phi) is 3.58. The SMILES string of the molecule is C=C/N=C\N(C=C)C(C)(C)C. The number of nitrogens with zero attached hydrogens (tertiary/aromatic N) is 2. The molecule has 0 fully saturated rings. The van der Waals surface area contributed by atoms with E-state index in [1.165, 1.54) is 6.20 Å². The molecular weight excluding hydrogens is 136 g/mol. The lowest BCUT2D eigenvalue weighted by molar-refractivity contribution is 0.321. The van der Waals surface area contributed by atoms with E-state index in [9.17, 15) is 0 Å². The third-order valence-electron chi connectivity index (χ3n) is 1.27. The molecule has 0 unspecified atom stereocenters. The van der Waals surface area contributed by atoms with Crippen LogP contribution >= 0.6 is 0 Å². The van der Waals surface area contributed by atoms with Crippen LogP contribution in [0.5, 0.6) is 0 Å². The van der Waals surface area contributed by atoms with Crippen molar-refractivity contribution in [1.29, 1.82) is 0 Å². The van der Waals surface area contributed by atoms with Crippen molar-refractivity contribution in [3.05, 3.63) is 25.6 Å². The van der Waals surface area contributed by atoms with E-state index >= 15 is 0 Å². The normalized spacial score (nSPS) is 11.5. The van der Waals surface area contributed by atoms with Crippen LogP contribution in [0.15, 0.2) is 30.6 Å². The second-order valence-corrected chi connectivity index (χ2v) is 3.21. The molecule has 0 bridgehead atoms. The zero-order valence-corrected chi connectivity index (χ0v) is 7.54. The first kappa shape index (κ1) is 9.95. The van der Waals surface area contributed by atoms with Gasteiger partial charge in [0.1, 0.15) is 0 Å². The zero-order valence-electron chi connectivity index (χ0n) is 7.54. The van der Waals surface area contributed by atoms with Crippen LogP contribution in [0.1, 0.15) is 20.8 Å². The van der Waals surface area contributed by atoms with Crippen molar-refractivity contribution < 1.29 is 0 Å². The van der Waals surface area contributed by atoms with Crippen molar-refractivity contribution in [2.45, 2.75) is 26.3 Å². The highest BCUT2D eigenvalue weighted by Crippen LogP contribution is 2.10. The predicted molar refractivity (Wildman–Crippen MR) is 50.5 cm³/mol. The van der Waals surface area contributed by atoms with Gasteiger partial charge in [0.05, 0.1) is 6.34 Å². The van der Waals surface area contributed by atoms with E-state index in [1.807, 2.05) is 4.90 Å². The molecule has 0 saturated carbocycles. The Labute approximate surface area is 68.9 Å². The summed E-state index contributed by atoms with van der Waals surface area (Å²) in [4.78, 5) is 5.83. The molecule has 2 nitrogen and oxygen atoms in total. The van der Waals surface area contributed by atoms with Gasteiger partial charge >= 0.3 is 0 Å². The van der Waals surface area contributed by atoms with Crippen molar-refractivity contribution in [3.63, 3.8) is 0 Å². The Morgan fingerprint density at radius 2 is 1.82 bits per heavy atom. The van der Waals surface area contributed by atoms with Crippen LogP contribution in [0.3, 0.4) is 0 Å². The van der Waals surface area contributed by atoms with Crippen LogP contribution in [0, 0.1) is 0 Å². The third kappa shape index (κ3) is 3.61. The Hall–Kier alpha value is -1.05. The summed E-state index contributed by atoms with van der Waals surface area (Å²) in [7, 11) is 0. The number of aliphatic imine (C=N–C) groups is 1. The molecule has 11 heavy (non-hydrogen) atoms. The average molecular weight is 152 g/mol. The highest BCUT2D eigenvalue weighted by atomic mass is 15.2. The molecule has 0 heterocycles. The van der Waals surface area contributed by atoms with E-state index in [0.29, 0.717) is 0 Å². The van der Waals surface area contributed by atoms with E-state index in [0.717, 1.165) is 0 Å². The maximum atomic E-state index is 3.90. The molecule has 0 spiro atoms. The van der Waals surface area contributed by atoms with E-state index in [-0.39, 0.29) is 5.54 Å². The monoisotopic (exact) mass is 152 g/mol. The summed E-state index contributed by atoms with van der Waals surface area (Å²) < 4.78 is 0. The maximum absolute atomic E-state index is 3.90. The minimum absolute atomic E-state index is 0.0360. The van der Waals surface area contributed by atoms with Gasteiger partial charge in [-0.25, -0.2) is 4.99 Å². The molecule has 0 aromatic heterocycles. The molecule has 0 saturated heterocycles. The summed E-state index contributed by atoms with van der Waals surface area (Å²) >= 11 is 0. The largest absolute Gasteiger partial charge is 0.334 e. The second kappa shape index (κ2) is 3.96. The quantitative estimate of drug-likeness (QED) is 0.448. The smallest absolute Gasteiger partial charge is 0.0949 e. The van der Waals surface area contributed by atoms with Gasteiger partial charge in [0.25, 0.3) is 0 Å². The molecule has 0 amide bonds. The van der Waals surface area contributed by atoms with Crippen molar-refractivity contribution in [2.75, 3.05) is 0 Å². The van der Waals surface area contributed by atoms with Crippen LogP contribution in [0.2, 0.25) is 0 Å². The second-order valence-electron chi connectivity index (χ2n) is 3.21. The first-order valence-electron chi connectivity index (χ1n) is 3.57. The topological polar surface area (TPSA) is 15.6 Å². The lowest BCUT2D eigenvalue weighted by Crippen LogP contribution is -2.35. The number of rotatable bonds is 3. The van der Waals surface area contributed by atoms with Crippen LogP contribution in [-0.4, -0.2) is 16.8 Å². The van der Waals surface area contributed by atoms with Crippen LogP contribution in [0.25, 0.3) is 0 Å². The van der Waals surface area contributed by atoms with E-state index in [2.05, 4.69) is 38.9 Å². The van der Waals surface area contributed by atoms with E-state index < -0.39 is 0 Å². The van der Waals surface area contributed by atoms with Gasteiger partial charge in [-0.1, -0.05) is 13.2 Å². The van der Waals surface area contributed by atoms with Gasteiger partial charge in [-0.3, -0.25) is 0 Å². The first-order valence-corrected chi connectivity index (χ1v) is 3.57. The van der Waals surface area contributed by atoms with Gasteiger partial charge in [0.2, 0.25) is 0 Å². The fourth-order valence-corrected chi connectivity index (χ4v) is 0.613. The summed E-state index contributed by atoms with van der Waals surface area (Å²) in [6.07, 6.45) is 4.95. The van der Waals surface area contributed by atoms with Gasteiger partial charge in [-0.05, 0) is 27.0 Å². The van der Waals surface area contributed by atoms with Gasteiger partial charge in [-0.15, -0.1) is 0 Å². The molecule has 0 aliphatic carbocycles. The van der Waals surface area contributed by atoms with E-state index in [1.54, 1.807) is 12.5 Å². The number of hydrogen-bond donors (Lipinski definition) is 0. The summed E-state index contributed by atoms with van der Waals surface area (Å²) in [6.45, 7) is 13.4. The van der Waals surface area contributed by atoms with Crippen LogP contribution in [0.4, 0.5) is 0 Å². The molecule has 0 N–H and O–H groups in total. The van der Waals surface area contributed by atoms with Gasteiger partial charge in [0, 0.05) is 11.7 Å². The summed E-state index contributed by atoms with van der Waals surface area (Å²) in [5, 5.41) is 0. The average Bonchev–Trinajstić information content (AvgIpc) is 1.87. The summed E-state index contributed by atoms with van der Waals surface area (Å²) in [5.74, 6) is 0. The molecule has 0 aromatic rings. The molecular formula is C9H16N2. The standard InChI is InChI=1S/C9H16N2/c1-6-10-8-11(7-2)9(3,4)5/h6-8H,1-2H2,3-5H3/b10-8-. The molecule has 0 radical (unpaired) electrons. The Morgan fingerprint density at radius 1 is 1.27 bits per heavy atom. The third-order valence-corrected chi connectivity index (χ3v) is 1.27. The summed E-state index contributed by atoms with van der Waals surface area (Å²) in [6, 6.07) is 0. The van der Waals surface area contributed by atoms with Gasteiger partial charge in [-0.2, -0.15) is 0 Å². The molecule has 0 rings (SSSR count). The highest BCUT2D eigenvalue weighted by Gasteiger charge is 2.14. The first-order chi connectivity index (χ1) is 5.02. The number of hydrogen-bond acceptors (Lipinski definition) is 1.